The smallest absolute Gasteiger partial charge is 0.272 e. The molecule has 3 heterocycles. The number of rotatable bonds is 0. The first kappa shape index (κ1) is 11.2. The van der Waals surface area contributed by atoms with Crippen LogP contribution < -0.4 is 0 Å². The predicted molar refractivity (Wildman–Crippen MR) is 74.7 cm³/mol. The normalized spacial score (nSPS) is 14.1. The van der Waals surface area contributed by atoms with Crippen molar-refractivity contribution in [1.82, 2.24) is 19.7 Å². The Morgan fingerprint density at radius 3 is 2.95 bits per heavy atom. The van der Waals surface area contributed by atoms with E-state index in [-0.39, 0.29) is 5.91 Å². The molecule has 98 valence electrons. The van der Waals surface area contributed by atoms with Crippen molar-refractivity contribution in [2.24, 2.45) is 0 Å². The van der Waals surface area contributed by atoms with Crippen LogP contribution in [0.25, 0.3) is 16.7 Å². The van der Waals surface area contributed by atoms with Crippen LogP contribution in [0.3, 0.4) is 0 Å². The summed E-state index contributed by atoms with van der Waals surface area (Å²) in [4.78, 5) is 18.7. The molecule has 0 fully saturated rings. The molecule has 0 spiro atoms. The summed E-state index contributed by atoms with van der Waals surface area (Å²) in [6.45, 7) is 0.537. The zero-order valence-electron chi connectivity index (χ0n) is 10.9. The van der Waals surface area contributed by atoms with Gasteiger partial charge in [-0.05, 0) is 18.2 Å². The lowest BCUT2D eigenvalue weighted by molar-refractivity contribution is 0.0781. The van der Waals surface area contributed by atoms with Gasteiger partial charge in [0.1, 0.15) is 5.69 Å². The highest BCUT2D eigenvalue weighted by atomic mass is 16.2. The molecule has 2 aromatic heterocycles. The summed E-state index contributed by atoms with van der Waals surface area (Å²) in [6, 6.07) is 11.7. The Morgan fingerprint density at radius 2 is 2.05 bits per heavy atom. The van der Waals surface area contributed by atoms with Crippen molar-refractivity contribution < 1.29 is 4.79 Å². The average molecular weight is 264 g/mol. The fraction of sp³-hybridized carbons (Fsp3) is 0.133. The maximum Gasteiger partial charge on any atom is 0.272 e. The molecular formula is C15H12N4O. The second-order valence-corrected chi connectivity index (χ2v) is 4.95. The molecule has 0 atom stereocenters. The zero-order chi connectivity index (χ0) is 13.7. The summed E-state index contributed by atoms with van der Waals surface area (Å²) >= 11 is 0. The number of aromatic nitrogens is 3. The molecule has 4 rings (SSSR count). The van der Waals surface area contributed by atoms with Gasteiger partial charge in [0.05, 0.1) is 11.7 Å². The van der Waals surface area contributed by atoms with Crippen LogP contribution in [0.5, 0.6) is 0 Å². The second kappa shape index (κ2) is 3.90. The highest BCUT2D eigenvalue weighted by Gasteiger charge is 2.25. The number of nitrogens with zero attached hydrogens (tertiary/aromatic N) is 4. The van der Waals surface area contributed by atoms with Crippen molar-refractivity contribution in [3.63, 3.8) is 0 Å². The summed E-state index contributed by atoms with van der Waals surface area (Å²) in [5.74, 6) is 0.700. The van der Waals surface area contributed by atoms with Gasteiger partial charge in [-0.25, -0.2) is 9.67 Å². The molecule has 0 saturated heterocycles. The van der Waals surface area contributed by atoms with Gasteiger partial charge in [-0.3, -0.25) is 4.79 Å². The SMILES string of the molecule is CN1Cc2cc3ccccc3nc2-n2nccc2C1=O. The minimum Gasteiger partial charge on any atom is -0.336 e. The number of hydrogen-bond donors (Lipinski definition) is 0. The third-order valence-corrected chi connectivity index (χ3v) is 3.60. The molecular weight excluding hydrogens is 252 g/mol. The van der Waals surface area contributed by atoms with E-state index in [9.17, 15) is 4.79 Å². The van der Waals surface area contributed by atoms with Crippen molar-refractivity contribution in [1.29, 1.82) is 0 Å². The molecule has 3 aromatic rings. The second-order valence-electron chi connectivity index (χ2n) is 4.95. The largest absolute Gasteiger partial charge is 0.336 e. The lowest BCUT2D eigenvalue weighted by Crippen LogP contribution is -2.25. The summed E-state index contributed by atoms with van der Waals surface area (Å²) in [7, 11) is 1.80. The van der Waals surface area contributed by atoms with Crippen LogP contribution in [-0.4, -0.2) is 32.6 Å². The number of hydrogen-bond acceptors (Lipinski definition) is 3. The molecule has 1 aliphatic rings. The van der Waals surface area contributed by atoms with Gasteiger partial charge in [-0.2, -0.15) is 5.10 Å². The summed E-state index contributed by atoms with van der Waals surface area (Å²) in [6.07, 6.45) is 1.63. The number of para-hydroxylation sites is 1. The fourth-order valence-corrected chi connectivity index (χ4v) is 2.61. The van der Waals surface area contributed by atoms with Gasteiger partial charge in [0, 0.05) is 24.5 Å². The molecule has 1 aliphatic heterocycles. The van der Waals surface area contributed by atoms with Gasteiger partial charge in [0.15, 0.2) is 5.82 Å². The van der Waals surface area contributed by atoms with Crippen molar-refractivity contribution in [2.45, 2.75) is 6.54 Å². The van der Waals surface area contributed by atoms with Crippen LogP contribution >= 0.6 is 0 Å². The van der Waals surface area contributed by atoms with E-state index in [0.717, 1.165) is 22.3 Å². The Labute approximate surface area is 115 Å². The van der Waals surface area contributed by atoms with E-state index in [1.807, 2.05) is 24.3 Å². The number of carbonyl (C=O) groups excluding carboxylic acids is 1. The van der Waals surface area contributed by atoms with Crippen LogP contribution in [0, 0.1) is 0 Å². The highest BCUT2D eigenvalue weighted by Crippen LogP contribution is 2.25. The van der Waals surface area contributed by atoms with Crippen LogP contribution in [0.15, 0.2) is 42.6 Å². The summed E-state index contributed by atoms with van der Waals surface area (Å²) in [5, 5.41) is 5.33. The standard InChI is InChI=1S/C15H12N4O/c1-18-9-11-8-10-4-2-3-5-12(10)17-14(11)19-13(15(18)20)6-7-16-19/h2-8H,9H2,1H3. The summed E-state index contributed by atoms with van der Waals surface area (Å²) in [5.41, 5.74) is 2.46. The molecule has 0 N–H and O–H groups in total. The lowest BCUT2D eigenvalue weighted by atomic mass is 10.1. The van der Waals surface area contributed by atoms with Crippen molar-refractivity contribution in [3.8, 4) is 5.82 Å². The minimum atomic E-state index is -0.0374. The third-order valence-electron chi connectivity index (χ3n) is 3.60. The van der Waals surface area contributed by atoms with Gasteiger partial charge >= 0.3 is 0 Å². The quantitative estimate of drug-likeness (QED) is 0.624. The van der Waals surface area contributed by atoms with E-state index >= 15 is 0 Å². The molecule has 5 nitrogen and oxygen atoms in total. The average Bonchev–Trinajstić information content (AvgIpc) is 2.91. The van der Waals surface area contributed by atoms with E-state index in [1.165, 1.54) is 0 Å². The van der Waals surface area contributed by atoms with Gasteiger partial charge < -0.3 is 4.90 Å². The van der Waals surface area contributed by atoms with E-state index in [2.05, 4.69) is 16.1 Å². The monoisotopic (exact) mass is 264 g/mol. The molecule has 0 radical (unpaired) electrons. The number of carbonyl (C=O) groups is 1. The third kappa shape index (κ3) is 1.46. The molecule has 1 amide bonds. The first-order valence-electron chi connectivity index (χ1n) is 6.42. The maximum absolute atomic E-state index is 12.3. The van der Waals surface area contributed by atoms with E-state index in [4.69, 9.17) is 0 Å². The number of amides is 1. The van der Waals surface area contributed by atoms with Crippen LogP contribution in [0.2, 0.25) is 0 Å². The van der Waals surface area contributed by atoms with E-state index in [0.29, 0.717) is 12.2 Å². The fourth-order valence-electron chi connectivity index (χ4n) is 2.61. The molecule has 5 heteroatoms. The number of pyridine rings is 1. The van der Waals surface area contributed by atoms with Crippen molar-refractivity contribution >= 4 is 16.8 Å². The molecule has 0 unspecified atom stereocenters. The Kier molecular flexibility index (Phi) is 2.18. The Hall–Kier alpha value is -2.69. The highest BCUT2D eigenvalue weighted by molar-refractivity contribution is 5.94. The molecule has 20 heavy (non-hydrogen) atoms. The zero-order valence-corrected chi connectivity index (χ0v) is 10.9. The molecule has 0 bridgehead atoms. The molecule has 0 saturated carbocycles. The van der Waals surface area contributed by atoms with Gasteiger partial charge in [0.2, 0.25) is 0 Å². The lowest BCUT2D eigenvalue weighted by Gasteiger charge is -2.13. The molecule has 0 aliphatic carbocycles. The van der Waals surface area contributed by atoms with E-state index in [1.54, 1.807) is 28.9 Å². The van der Waals surface area contributed by atoms with Gasteiger partial charge in [0.25, 0.3) is 5.91 Å². The number of fused-ring (bicyclic) bond motifs is 4. The first-order valence-corrected chi connectivity index (χ1v) is 6.42. The first-order chi connectivity index (χ1) is 9.74. The number of benzene rings is 1. The van der Waals surface area contributed by atoms with Gasteiger partial charge in [-0.15, -0.1) is 0 Å². The van der Waals surface area contributed by atoms with Crippen LogP contribution in [0.1, 0.15) is 16.1 Å². The Bertz CT molecular complexity index is 837. The maximum atomic E-state index is 12.3. The summed E-state index contributed by atoms with van der Waals surface area (Å²) < 4.78 is 1.63. The Balaban J connectivity index is 2.07. The minimum absolute atomic E-state index is 0.0374. The molecule has 1 aromatic carbocycles. The van der Waals surface area contributed by atoms with Crippen LogP contribution in [0.4, 0.5) is 0 Å². The van der Waals surface area contributed by atoms with Crippen LogP contribution in [-0.2, 0) is 6.54 Å². The van der Waals surface area contributed by atoms with Crippen molar-refractivity contribution in [3.05, 3.63) is 53.9 Å². The predicted octanol–water partition coefficient (Wildman–Crippen LogP) is 2.01. The Morgan fingerprint density at radius 1 is 1.20 bits per heavy atom. The van der Waals surface area contributed by atoms with Crippen molar-refractivity contribution in [2.75, 3.05) is 7.05 Å². The van der Waals surface area contributed by atoms with Gasteiger partial charge in [-0.1, -0.05) is 18.2 Å². The van der Waals surface area contributed by atoms with E-state index < -0.39 is 0 Å². The topological polar surface area (TPSA) is 51.0 Å².